The van der Waals surface area contributed by atoms with Gasteiger partial charge in [-0.15, -0.1) is 0 Å². The number of nitrogens with one attached hydrogen (secondary N) is 2. The summed E-state index contributed by atoms with van der Waals surface area (Å²) in [6.45, 7) is 8.80. The molecule has 11 nitrogen and oxygen atoms in total. The van der Waals surface area contributed by atoms with Gasteiger partial charge in [0.1, 0.15) is 12.2 Å². The van der Waals surface area contributed by atoms with Gasteiger partial charge in [0, 0.05) is 19.6 Å². The lowest BCUT2D eigenvalue weighted by molar-refractivity contribution is -0.177. The topological polar surface area (TPSA) is 134 Å². The van der Waals surface area contributed by atoms with Gasteiger partial charge >= 0.3 is 24.3 Å². The smallest absolute Gasteiger partial charge is 0.416 e. The zero-order valence-corrected chi connectivity index (χ0v) is 27.5. The Kier molecular flexibility index (Phi) is 15.5. The highest BCUT2D eigenvalue weighted by molar-refractivity contribution is 6.00. The number of oxime groups is 1. The lowest BCUT2D eigenvalue weighted by Gasteiger charge is -2.26. The maximum absolute atomic E-state index is 13.2. The third kappa shape index (κ3) is 14.8. The summed E-state index contributed by atoms with van der Waals surface area (Å²) in [7, 11) is 1.57. The molecule has 1 unspecified atom stereocenters. The molecule has 47 heavy (non-hydrogen) atoms. The molecule has 2 aromatic rings. The fraction of sp³-hybridized carbons (Fsp3) is 0.515. The summed E-state index contributed by atoms with van der Waals surface area (Å²) in [5.41, 5.74) is -0.234. The van der Waals surface area contributed by atoms with Crippen LogP contribution in [0.3, 0.4) is 0 Å². The van der Waals surface area contributed by atoms with Crippen LogP contribution in [0.2, 0.25) is 0 Å². The Bertz CT molecular complexity index is 1300. The zero-order valence-electron chi connectivity index (χ0n) is 27.5. The number of amides is 2. The first kappa shape index (κ1) is 38.9. The van der Waals surface area contributed by atoms with Crippen LogP contribution in [0, 0.1) is 5.92 Å². The summed E-state index contributed by atoms with van der Waals surface area (Å²) in [5, 5.41) is 9.08. The molecule has 2 N–H and O–H groups in total. The van der Waals surface area contributed by atoms with Crippen molar-refractivity contribution in [1.29, 1.82) is 0 Å². The van der Waals surface area contributed by atoms with Gasteiger partial charge in [0.2, 0.25) is 0 Å². The highest BCUT2D eigenvalue weighted by atomic mass is 19.4. The van der Waals surface area contributed by atoms with Gasteiger partial charge in [-0.05, 0) is 63.3 Å². The number of carbonyl (C=O) groups excluding carboxylic acids is 3. The van der Waals surface area contributed by atoms with E-state index < -0.39 is 53.7 Å². The molecule has 2 atom stereocenters. The van der Waals surface area contributed by atoms with E-state index in [-0.39, 0.29) is 13.2 Å². The Morgan fingerprint density at radius 1 is 0.872 bits per heavy atom. The molecule has 2 amide bonds. The predicted octanol–water partition coefficient (Wildman–Crippen LogP) is 6.76. The number of esters is 1. The Balaban J connectivity index is 1.98. The number of carbonyl (C=O) groups is 3. The minimum Gasteiger partial charge on any atom is -0.444 e. The second-order valence-corrected chi connectivity index (χ2v) is 11.8. The molecule has 0 bridgehead atoms. The van der Waals surface area contributed by atoms with Gasteiger partial charge in [-0.2, -0.15) is 13.2 Å². The van der Waals surface area contributed by atoms with Crippen LogP contribution < -0.4 is 10.6 Å². The quantitative estimate of drug-likeness (QED) is 0.0660. The lowest BCUT2D eigenvalue weighted by atomic mass is 10.0. The van der Waals surface area contributed by atoms with Crippen molar-refractivity contribution in [2.24, 2.45) is 11.1 Å². The molecule has 0 saturated carbocycles. The van der Waals surface area contributed by atoms with E-state index in [1.807, 2.05) is 0 Å². The lowest BCUT2D eigenvalue weighted by Crippen LogP contribution is -2.41. The minimum absolute atomic E-state index is 0.0437. The number of benzene rings is 2. The van der Waals surface area contributed by atoms with Gasteiger partial charge < -0.3 is 34.4 Å². The van der Waals surface area contributed by atoms with Gasteiger partial charge in [0.25, 0.3) is 6.29 Å². The molecule has 0 aliphatic carbocycles. The van der Waals surface area contributed by atoms with Crippen LogP contribution in [-0.2, 0) is 34.8 Å². The molecule has 2 aromatic carbocycles. The normalized spacial score (nSPS) is 13.4. The molecular weight excluding hydrogens is 623 g/mol. The summed E-state index contributed by atoms with van der Waals surface area (Å²) in [6, 6.07) is 11.8. The van der Waals surface area contributed by atoms with E-state index in [9.17, 15) is 27.6 Å². The number of methoxy groups -OCH3 is 1. The minimum atomic E-state index is -4.46. The predicted molar refractivity (Wildman–Crippen MR) is 167 cm³/mol. The van der Waals surface area contributed by atoms with Crippen LogP contribution in [0.15, 0.2) is 59.8 Å². The monoisotopic (exact) mass is 667 g/mol. The number of alkyl halides is 3. The van der Waals surface area contributed by atoms with Gasteiger partial charge in [0.05, 0.1) is 17.8 Å². The summed E-state index contributed by atoms with van der Waals surface area (Å²) in [5.74, 6) is -1.32. The van der Waals surface area contributed by atoms with E-state index in [0.29, 0.717) is 42.7 Å². The van der Waals surface area contributed by atoms with E-state index in [1.54, 1.807) is 72.1 Å². The molecule has 0 radical (unpaired) electrons. The average molecular weight is 668 g/mol. The number of ether oxygens (including phenoxy) is 4. The Morgan fingerprint density at radius 3 is 2.11 bits per heavy atom. The van der Waals surface area contributed by atoms with Gasteiger partial charge in [0.15, 0.2) is 6.04 Å². The number of rotatable bonds is 16. The summed E-state index contributed by atoms with van der Waals surface area (Å²) in [6.07, 6.45) is -5.68. The maximum Gasteiger partial charge on any atom is 0.416 e. The van der Waals surface area contributed by atoms with Crippen molar-refractivity contribution < 1.29 is 51.3 Å². The number of halogens is 3. The molecule has 0 saturated heterocycles. The number of hydrogen-bond donors (Lipinski definition) is 2. The van der Waals surface area contributed by atoms with Crippen molar-refractivity contribution in [1.82, 2.24) is 10.6 Å². The van der Waals surface area contributed by atoms with Crippen LogP contribution >= 0.6 is 0 Å². The summed E-state index contributed by atoms with van der Waals surface area (Å²) < 4.78 is 60.1. The van der Waals surface area contributed by atoms with Crippen molar-refractivity contribution in [3.05, 3.63) is 71.3 Å². The van der Waals surface area contributed by atoms with Crippen molar-refractivity contribution in [2.75, 3.05) is 26.9 Å². The molecule has 0 aromatic heterocycles. The largest absolute Gasteiger partial charge is 0.444 e. The molecule has 0 fully saturated rings. The summed E-state index contributed by atoms with van der Waals surface area (Å²) >= 11 is 0. The van der Waals surface area contributed by atoms with Crippen molar-refractivity contribution in [2.45, 2.75) is 78.0 Å². The first-order valence-corrected chi connectivity index (χ1v) is 15.2. The number of unbranched alkanes of at least 4 members (excludes halogenated alkanes) is 1. The Labute approximate surface area is 273 Å². The van der Waals surface area contributed by atoms with Crippen LogP contribution in [0.25, 0.3) is 0 Å². The van der Waals surface area contributed by atoms with E-state index in [4.69, 9.17) is 23.8 Å². The molecular formula is C33H44F3N3O8. The zero-order chi connectivity index (χ0) is 35.0. The molecule has 0 aliphatic heterocycles. The molecule has 2 rings (SSSR count). The van der Waals surface area contributed by atoms with E-state index >= 15 is 0 Å². The van der Waals surface area contributed by atoms with Crippen LogP contribution in [0.1, 0.15) is 76.6 Å². The van der Waals surface area contributed by atoms with Gasteiger partial charge in [-0.25, -0.2) is 14.4 Å². The standard InChI is InChI=1S/C33H44F3N3O8/c1-22(2)29(45-28(40)27(24-12-8-7-9-13-24)38-31(42)47-32(3,4)5)46-30(41)37-19-21-44-39-26(14-10-11-20-43-6)23-15-17-25(18-16-23)33(34,35)36/h7-9,12-13,15-18,22,27,29H,10-11,14,19-21H2,1-6H3,(H,37,41)(H,38,42)/b39-26+/t27-,29?/m0/s1. The van der Waals surface area contributed by atoms with Crippen molar-refractivity contribution >= 4 is 23.9 Å². The number of hydrogen-bond acceptors (Lipinski definition) is 9. The molecule has 260 valence electrons. The Hall–Kier alpha value is -4.33. The van der Waals surface area contributed by atoms with Crippen molar-refractivity contribution in [3.8, 4) is 0 Å². The highest BCUT2D eigenvalue weighted by Gasteiger charge is 2.32. The highest BCUT2D eigenvalue weighted by Crippen LogP contribution is 2.29. The fourth-order valence-electron chi connectivity index (χ4n) is 3.93. The van der Waals surface area contributed by atoms with Crippen molar-refractivity contribution in [3.63, 3.8) is 0 Å². The van der Waals surface area contributed by atoms with Crippen LogP contribution in [0.4, 0.5) is 22.8 Å². The fourth-order valence-corrected chi connectivity index (χ4v) is 3.93. The maximum atomic E-state index is 13.2. The first-order chi connectivity index (χ1) is 22.1. The first-order valence-electron chi connectivity index (χ1n) is 15.2. The SMILES string of the molecule is COCCCC/C(=N\OCCNC(=O)OC(OC(=O)[C@@H](NC(=O)OC(C)(C)C)c1ccccc1)C(C)C)c1ccc(C(F)(F)F)cc1. The van der Waals surface area contributed by atoms with Crippen LogP contribution in [-0.4, -0.2) is 62.6 Å². The number of nitrogens with zero attached hydrogens (tertiary/aromatic N) is 1. The third-order valence-electron chi connectivity index (χ3n) is 6.22. The Morgan fingerprint density at radius 2 is 1.53 bits per heavy atom. The van der Waals surface area contributed by atoms with E-state index in [0.717, 1.165) is 12.1 Å². The second kappa shape index (κ2) is 18.7. The third-order valence-corrected chi connectivity index (χ3v) is 6.22. The average Bonchev–Trinajstić information content (AvgIpc) is 2.99. The molecule has 14 heteroatoms. The van der Waals surface area contributed by atoms with Gasteiger partial charge in [-0.1, -0.05) is 61.5 Å². The van der Waals surface area contributed by atoms with Gasteiger partial charge in [-0.3, -0.25) is 0 Å². The molecule has 0 aliphatic rings. The molecule has 0 spiro atoms. The number of alkyl carbamates (subject to hydrolysis) is 2. The summed E-state index contributed by atoms with van der Waals surface area (Å²) in [4.78, 5) is 43.6. The van der Waals surface area contributed by atoms with E-state index in [1.165, 1.54) is 12.1 Å². The molecule has 0 heterocycles. The second-order valence-electron chi connectivity index (χ2n) is 11.8. The van der Waals surface area contributed by atoms with E-state index in [2.05, 4.69) is 15.8 Å². The van der Waals surface area contributed by atoms with Crippen LogP contribution in [0.5, 0.6) is 0 Å².